The summed E-state index contributed by atoms with van der Waals surface area (Å²) in [6.07, 6.45) is 3.90. The van der Waals surface area contributed by atoms with Crippen LogP contribution in [-0.4, -0.2) is 32.5 Å². The lowest BCUT2D eigenvalue weighted by atomic mass is 9.94. The van der Waals surface area contributed by atoms with Crippen LogP contribution in [0.15, 0.2) is 17.9 Å². The molecule has 0 fully saturated rings. The van der Waals surface area contributed by atoms with E-state index in [2.05, 4.69) is 28.8 Å². The Morgan fingerprint density at radius 2 is 2.43 bits per heavy atom. The van der Waals surface area contributed by atoms with Crippen molar-refractivity contribution in [2.45, 2.75) is 32.9 Å². The molecule has 6 nitrogen and oxygen atoms in total. The van der Waals surface area contributed by atoms with Crippen molar-refractivity contribution < 1.29 is 9.53 Å². The average molecular weight is 306 g/mol. The molecule has 0 radical (unpaired) electrons. The van der Waals surface area contributed by atoms with Gasteiger partial charge < -0.3 is 9.72 Å². The molecular formula is C14H18N4O2S. The Kier molecular flexibility index (Phi) is 3.92. The van der Waals surface area contributed by atoms with Crippen LogP contribution in [0.1, 0.15) is 36.3 Å². The second kappa shape index (κ2) is 5.85. The van der Waals surface area contributed by atoms with E-state index in [0.717, 1.165) is 22.8 Å². The number of imidazole rings is 1. The van der Waals surface area contributed by atoms with Crippen LogP contribution < -0.4 is 0 Å². The van der Waals surface area contributed by atoms with E-state index in [4.69, 9.17) is 4.74 Å². The third kappa shape index (κ3) is 2.78. The first kappa shape index (κ1) is 14.1. The van der Waals surface area contributed by atoms with Crippen LogP contribution in [0.2, 0.25) is 0 Å². The monoisotopic (exact) mass is 306 g/mol. The molecule has 1 aliphatic heterocycles. The summed E-state index contributed by atoms with van der Waals surface area (Å²) in [6.45, 7) is 5.06. The Morgan fingerprint density at radius 1 is 1.57 bits per heavy atom. The number of thiazole rings is 1. The van der Waals surface area contributed by atoms with Gasteiger partial charge in [0.2, 0.25) is 0 Å². The maximum atomic E-state index is 12.4. The molecule has 1 amide bonds. The SMILES string of the molecule is CC(C)C1c2nc[nH]c2CCN1C(=O)OCc1nccs1. The normalized spacial score (nSPS) is 17.9. The topological polar surface area (TPSA) is 71.1 Å². The third-order valence-corrected chi connectivity index (χ3v) is 4.39. The molecule has 112 valence electrons. The van der Waals surface area contributed by atoms with Crippen LogP contribution in [-0.2, 0) is 17.8 Å². The van der Waals surface area contributed by atoms with Crippen molar-refractivity contribution in [3.63, 3.8) is 0 Å². The molecular weight excluding hydrogens is 288 g/mol. The van der Waals surface area contributed by atoms with Gasteiger partial charge >= 0.3 is 6.09 Å². The zero-order valence-corrected chi connectivity index (χ0v) is 12.9. The zero-order valence-electron chi connectivity index (χ0n) is 12.1. The summed E-state index contributed by atoms with van der Waals surface area (Å²) >= 11 is 1.48. The lowest BCUT2D eigenvalue weighted by Gasteiger charge is -2.36. The van der Waals surface area contributed by atoms with Gasteiger partial charge in [-0.3, -0.25) is 4.90 Å². The Hall–Kier alpha value is -1.89. The van der Waals surface area contributed by atoms with Crippen LogP contribution in [0.5, 0.6) is 0 Å². The second-order valence-corrected chi connectivity index (χ2v) is 6.36. The van der Waals surface area contributed by atoms with Crippen LogP contribution >= 0.6 is 11.3 Å². The molecule has 1 atom stereocenters. The summed E-state index contributed by atoms with van der Waals surface area (Å²) in [6, 6.07) is -0.0382. The summed E-state index contributed by atoms with van der Waals surface area (Å²) in [5, 5.41) is 2.68. The van der Waals surface area contributed by atoms with E-state index >= 15 is 0 Å². The maximum absolute atomic E-state index is 12.4. The van der Waals surface area contributed by atoms with E-state index in [1.165, 1.54) is 11.3 Å². The molecule has 0 bridgehead atoms. The minimum Gasteiger partial charge on any atom is -0.442 e. The molecule has 0 spiro atoms. The summed E-state index contributed by atoms with van der Waals surface area (Å²) in [5.74, 6) is 0.278. The van der Waals surface area contributed by atoms with E-state index in [9.17, 15) is 4.79 Å². The molecule has 3 rings (SSSR count). The lowest BCUT2D eigenvalue weighted by molar-refractivity contribution is 0.0652. The number of carbonyl (C=O) groups excluding carboxylic acids is 1. The van der Waals surface area contributed by atoms with Gasteiger partial charge in [0.15, 0.2) is 0 Å². The van der Waals surface area contributed by atoms with Crippen molar-refractivity contribution in [3.8, 4) is 0 Å². The Morgan fingerprint density at radius 3 is 3.14 bits per heavy atom. The fraction of sp³-hybridized carbons (Fsp3) is 0.500. The van der Waals surface area contributed by atoms with E-state index in [0.29, 0.717) is 6.54 Å². The predicted molar refractivity (Wildman–Crippen MR) is 78.9 cm³/mol. The van der Waals surface area contributed by atoms with Gasteiger partial charge in [-0.1, -0.05) is 13.8 Å². The van der Waals surface area contributed by atoms with Gasteiger partial charge in [0.1, 0.15) is 11.6 Å². The van der Waals surface area contributed by atoms with Gasteiger partial charge in [0, 0.05) is 30.2 Å². The van der Waals surface area contributed by atoms with Crippen LogP contribution in [0.25, 0.3) is 0 Å². The molecule has 0 saturated carbocycles. The third-order valence-electron chi connectivity index (χ3n) is 3.64. The van der Waals surface area contributed by atoms with Gasteiger partial charge in [0.05, 0.1) is 18.1 Å². The first-order valence-electron chi connectivity index (χ1n) is 7.00. The summed E-state index contributed by atoms with van der Waals surface area (Å²) < 4.78 is 5.39. The fourth-order valence-electron chi connectivity index (χ4n) is 2.72. The molecule has 1 aliphatic rings. The quantitative estimate of drug-likeness (QED) is 0.946. The van der Waals surface area contributed by atoms with E-state index in [1.54, 1.807) is 17.4 Å². The Bertz CT molecular complexity index is 608. The minimum atomic E-state index is -0.294. The lowest BCUT2D eigenvalue weighted by Crippen LogP contribution is -2.42. The maximum Gasteiger partial charge on any atom is 0.410 e. The van der Waals surface area contributed by atoms with Crippen LogP contribution in [0.3, 0.4) is 0 Å². The first-order chi connectivity index (χ1) is 10.2. The predicted octanol–water partition coefficient (Wildman–Crippen LogP) is 2.76. The first-order valence-corrected chi connectivity index (χ1v) is 7.88. The highest BCUT2D eigenvalue weighted by atomic mass is 32.1. The van der Waals surface area contributed by atoms with Gasteiger partial charge in [-0.05, 0) is 5.92 Å². The van der Waals surface area contributed by atoms with Gasteiger partial charge in [0.25, 0.3) is 0 Å². The molecule has 1 N–H and O–H groups in total. The fourth-order valence-corrected chi connectivity index (χ4v) is 3.24. The van der Waals surface area contributed by atoms with E-state index in [-0.39, 0.29) is 24.7 Å². The molecule has 0 aliphatic carbocycles. The average Bonchev–Trinajstić information content (AvgIpc) is 3.14. The zero-order chi connectivity index (χ0) is 14.8. The second-order valence-electron chi connectivity index (χ2n) is 5.38. The van der Waals surface area contributed by atoms with Crippen molar-refractivity contribution in [1.82, 2.24) is 19.9 Å². The number of aromatic nitrogens is 3. The molecule has 21 heavy (non-hydrogen) atoms. The van der Waals surface area contributed by atoms with Crippen molar-refractivity contribution in [2.24, 2.45) is 5.92 Å². The van der Waals surface area contributed by atoms with Crippen molar-refractivity contribution in [3.05, 3.63) is 34.3 Å². The number of H-pyrrole nitrogens is 1. The van der Waals surface area contributed by atoms with E-state index < -0.39 is 0 Å². The van der Waals surface area contributed by atoms with Crippen molar-refractivity contribution >= 4 is 17.4 Å². The standard InChI is InChI=1S/C14H18N4O2S/c1-9(2)13-12-10(16-8-17-12)3-5-18(13)14(19)20-7-11-15-4-6-21-11/h4,6,8-9,13H,3,5,7H2,1-2H3,(H,16,17). The Labute approximate surface area is 127 Å². The number of rotatable bonds is 3. The molecule has 0 aromatic carbocycles. The highest BCUT2D eigenvalue weighted by molar-refractivity contribution is 7.09. The number of amides is 1. The number of ether oxygens (including phenoxy) is 1. The molecule has 3 heterocycles. The summed E-state index contributed by atoms with van der Waals surface area (Å²) in [7, 11) is 0. The Balaban J connectivity index is 1.73. The number of hydrogen-bond acceptors (Lipinski definition) is 5. The number of nitrogens with zero attached hydrogens (tertiary/aromatic N) is 3. The smallest absolute Gasteiger partial charge is 0.410 e. The molecule has 1 unspecified atom stereocenters. The minimum absolute atomic E-state index is 0.0382. The molecule has 7 heteroatoms. The highest BCUT2D eigenvalue weighted by Crippen LogP contribution is 2.33. The molecule has 2 aromatic rings. The largest absolute Gasteiger partial charge is 0.442 e. The number of nitrogens with one attached hydrogen (secondary N) is 1. The number of hydrogen-bond donors (Lipinski definition) is 1. The number of aromatic amines is 1. The van der Waals surface area contributed by atoms with Gasteiger partial charge in [-0.15, -0.1) is 11.3 Å². The van der Waals surface area contributed by atoms with Crippen molar-refractivity contribution in [2.75, 3.05) is 6.54 Å². The van der Waals surface area contributed by atoms with Crippen LogP contribution in [0, 0.1) is 5.92 Å². The molecule has 2 aromatic heterocycles. The van der Waals surface area contributed by atoms with Gasteiger partial charge in [-0.2, -0.15) is 0 Å². The van der Waals surface area contributed by atoms with Gasteiger partial charge in [-0.25, -0.2) is 14.8 Å². The highest BCUT2D eigenvalue weighted by Gasteiger charge is 2.35. The summed E-state index contributed by atoms with van der Waals surface area (Å²) in [4.78, 5) is 25.8. The molecule has 0 saturated heterocycles. The number of fused-ring (bicyclic) bond motifs is 1. The van der Waals surface area contributed by atoms with E-state index in [1.807, 2.05) is 5.38 Å². The number of carbonyl (C=O) groups is 1. The van der Waals surface area contributed by atoms with Crippen LogP contribution in [0.4, 0.5) is 4.79 Å². The van der Waals surface area contributed by atoms with Crippen molar-refractivity contribution in [1.29, 1.82) is 0 Å². The summed E-state index contributed by atoms with van der Waals surface area (Å²) in [5.41, 5.74) is 2.08.